The molecule has 0 spiro atoms. The first-order valence-electron chi connectivity index (χ1n) is 12.4. The standard InChI is InChI=1S/C30H27N5O4S/c1-18-17-27(32-20(3)31-18)35-40(37,38)24-15-11-22(12-16-24)33-30(36)28-19(2)29(21-9-13-23(39-4)14-10-21)34-26-8-6-5-7-25(26)28/h5-17H,1-4H3,(H,33,36)(H,31,32,35). The van der Waals surface area contributed by atoms with Crippen LogP contribution in [-0.4, -0.2) is 36.4 Å². The van der Waals surface area contributed by atoms with Gasteiger partial charge in [-0.25, -0.2) is 23.4 Å². The van der Waals surface area contributed by atoms with Crippen molar-refractivity contribution in [3.63, 3.8) is 0 Å². The molecule has 0 aliphatic carbocycles. The number of hydrogen-bond acceptors (Lipinski definition) is 7. The van der Waals surface area contributed by atoms with E-state index in [1.165, 1.54) is 12.1 Å². The monoisotopic (exact) mass is 553 g/mol. The average Bonchev–Trinajstić information content (AvgIpc) is 2.92. The van der Waals surface area contributed by atoms with Gasteiger partial charge in [-0.1, -0.05) is 18.2 Å². The maximum Gasteiger partial charge on any atom is 0.263 e. The number of aromatic nitrogens is 3. The molecular formula is C30H27N5O4S. The minimum atomic E-state index is -3.89. The van der Waals surface area contributed by atoms with Crippen molar-refractivity contribution in [3.05, 3.63) is 102 Å². The number of methoxy groups -OCH3 is 1. The summed E-state index contributed by atoms with van der Waals surface area (Å²) in [6.07, 6.45) is 0. The van der Waals surface area contributed by atoms with Crippen LogP contribution in [0.15, 0.2) is 83.8 Å². The van der Waals surface area contributed by atoms with Crippen molar-refractivity contribution in [2.75, 3.05) is 17.1 Å². The SMILES string of the molecule is COc1ccc(-c2nc3ccccc3c(C(=O)Nc3ccc(S(=O)(=O)Nc4cc(C)nc(C)n4)cc3)c2C)cc1. The fourth-order valence-corrected chi connectivity index (χ4v) is 5.50. The number of hydrogen-bond donors (Lipinski definition) is 2. The van der Waals surface area contributed by atoms with Crippen molar-refractivity contribution in [1.29, 1.82) is 0 Å². The van der Waals surface area contributed by atoms with Crippen molar-refractivity contribution >= 4 is 38.3 Å². The van der Waals surface area contributed by atoms with Crippen LogP contribution in [-0.2, 0) is 10.0 Å². The molecule has 40 heavy (non-hydrogen) atoms. The number of sulfonamides is 1. The van der Waals surface area contributed by atoms with Gasteiger partial charge in [0.1, 0.15) is 17.4 Å². The van der Waals surface area contributed by atoms with Crippen molar-refractivity contribution in [3.8, 4) is 17.0 Å². The Morgan fingerprint density at radius 3 is 2.23 bits per heavy atom. The predicted molar refractivity (Wildman–Crippen MR) is 155 cm³/mol. The number of carbonyl (C=O) groups is 1. The molecule has 2 heterocycles. The minimum Gasteiger partial charge on any atom is -0.497 e. The van der Waals surface area contributed by atoms with Gasteiger partial charge in [0, 0.05) is 28.4 Å². The Labute approximate surface area is 232 Å². The number of benzene rings is 3. The number of rotatable bonds is 7. The zero-order valence-corrected chi connectivity index (χ0v) is 23.2. The van der Waals surface area contributed by atoms with Gasteiger partial charge >= 0.3 is 0 Å². The predicted octanol–water partition coefficient (Wildman–Crippen LogP) is 5.68. The van der Waals surface area contributed by atoms with E-state index in [1.54, 1.807) is 39.2 Å². The Morgan fingerprint density at radius 1 is 0.850 bits per heavy atom. The molecule has 0 atom stereocenters. The van der Waals surface area contributed by atoms with Crippen LogP contribution >= 0.6 is 0 Å². The van der Waals surface area contributed by atoms with E-state index in [-0.39, 0.29) is 16.6 Å². The van der Waals surface area contributed by atoms with E-state index in [4.69, 9.17) is 9.72 Å². The van der Waals surface area contributed by atoms with Gasteiger partial charge in [0.15, 0.2) is 0 Å². The van der Waals surface area contributed by atoms with Gasteiger partial charge in [-0.2, -0.15) is 0 Å². The van der Waals surface area contributed by atoms with E-state index in [0.717, 1.165) is 16.9 Å². The Balaban J connectivity index is 1.44. The molecule has 0 fully saturated rings. The molecule has 3 aromatic carbocycles. The number of ether oxygens (including phenoxy) is 1. The zero-order chi connectivity index (χ0) is 28.4. The second-order valence-electron chi connectivity index (χ2n) is 9.23. The Hall–Kier alpha value is -4.83. The second-order valence-corrected chi connectivity index (χ2v) is 10.9. The fourth-order valence-electron chi connectivity index (χ4n) is 4.51. The van der Waals surface area contributed by atoms with E-state index in [2.05, 4.69) is 20.0 Å². The molecule has 0 saturated carbocycles. The Bertz CT molecular complexity index is 1820. The molecule has 5 rings (SSSR count). The molecule has 0 bridgehead atoms. The second kappa shape index (κ2) is 10.7. The lowest BCUT2D eigenvalue weighted by molar-refractivity contribution is 0.102. The number of nitrogens with one attached hydrogen (secondary N) is 2. The number of para-hydroxylation sites is 1. The molecule has 0 unspecified atom stereocenters. The van der Waals surface area contributed by atoms with Crippen LogP contribution in [0.3, 0.4) is 0 Å². The molecule has 2 aromatic heterocycles. The maximum atomic E-state index is 13.6. The highest BCUT2D eigenvalue weighted by Crippen LogP contribution is 2.31. The van der Waals surface area contributed by atoms with Crippen LogP contribution in [0.2, 0.25) is 0 Å². The minimum absolute atomic E-state index is 0.0340. The van der Waals surface area contributed by atoms with Crippen LogP contribution in [0, 0.1) is 20.8 Å². The van der Waals surface area contributed by atoms with E-state index < -0.39 is 10.0 Å². The number of nitrogens with zero attached hydrogens (tertiary/aromatic N) is 3. The van der Waals surface area contributed by atoms with E-state index in [1.807, 2.05) is 55.5 Å². The first kappa shape index (κ1) is 26.8. The number of aryl methyl sites for hydroxylation is 2. The Morgan fingerprint density at radius 2 is 1.55 bits per heavy atom. The van der Waals surface area contributed by atoms with Gasteiger partial charge in [0.2, 0.25) is 0 Å². The zero-order valence-electron chi connectivity index (χ0n) is 22.4. The lowest BCUT2D eigenvalue weighted by atomic mass is 9.97. The third kappa shape index (κ3) is 5.48. The summed E-state index contributed by atoms with van der Waals surface area (Å²) in [5.41, 5.74) is 4.54. The lowest BCUT2D eigenvalue weighted by Crippen LogP contribution is -2.16. The molecule has 10 heteroatoms. The summed E-state index contributed by atoms with van der Waals surface area (Å²) in [5.74, 6) is 1.05. The van der Waals surface area contributed by atoms with Crippen molar-refractivity contribution < 1.29 is 17.9 Å². The molecule has 1 amide bonds. The number of fused-ring (bicyclic) bond motifs is 1. The fraction of sp³-hybridized carbons (Fsp3) is 0.133. The van der Waals surface area contributed by atoms with E-state index in [0.29, 0.717) is 39.4 Å². The molecule has 9 nitrogen and oxygen atoms in total. The topological polar surface area (TPSA) is 123 Å². The van der Waals surface area contributed by atoms with Crippen molar-refractivity contribution in [2.45, 2.75) is 25.7 Å². The third-order valence-corrected chi connectivity index (χ3v) is 7.72. The molecule has 0 aliphatic heterocycles. The van der Waals surface area contributed by atoms with Gasteiger partial charge in [-0.05, 0) is 80.9 Å². The molecule has 2 N–H and O–H groups in total. The van der Waals surface area contributed by atoms with Gasteiger partial charge in [0.05, 0.1) is 28.8 Å². The third-order valence-electron chi connectivity index (χ3n) is 6.35. The van der Waals surface area contributed by atoms with E-state index in [9.17, 15) is 13.2 Å². The highest BCUT2D eigenvalue weighted by molar-refractivity contribution is 7.92. The molecule has 0 radical (unpaired) electrons. The van der Waals surface area contributed by atoms with Crippen LogP contribution in [0.25, 0.3) is 22.2 Å². The van der Waals surface area contributed by atoms with Crippen molar-refractivity contribution in [2.24, 2.45) is 0 Å². The first-order valence-corrected chi connectivity index (χ1v) is 13.9. The Kier molecular flexibility index (Phi) is 7.19. The average molecular weight is 554 g/mol. The summed E-state index contributed by atoms with van der Waals surface area (Å²) in [4.78, 5) is 26.8. The summed E-state index contributed by atoms with van der Waals surface area (Å²) >= 11 is 0. The highest BCUT2D eigenvalue weighted by Gasteiger charge is 2.20. The summed E-state index contributed by atoms with van der Waals surface area (Å²) in [7, 11) is -2.28. The molecule has 202 valence electrons. The molecular weight excluding hydrogens is 526 g/mol. The molecule has 5 aromatic rings. The quantitative estimate of drug-likeness (QED) is 0.266. The summed E-state index contributed by atoms with van der Waals surface area (Å²) in [6.45, 7) is 5.32. The van der Waals surface area contributed by atoms with Crippen LogP contribution in [0.5, 0.6) is 5.75 Å². The van der Waals surface area contributed by atoms with Crippen molar-refractivity contribution in [1.82, 2.24) is 15.0 Å². The van der Waals surface area contributed by atoms with E-state index >= 15 is 0 Å². The lowest BCUT2D eigenvalue weighted by Gasteiger charge is -2.15. The number of anilines is 2. The summed E-state index contributed by atoms with van der Waals surface area (Å²) in [6, 6.07) is 22.5. The van der Waals surface area contributed by atoms with Gasteiger partial charge in [0.25, 0.3) is 15.9 Å². The smallest absolute Gasteiger partial charge is 0.263 e. The van der Waals surface area contributed by atoms with Crippen LogP contribution < -0.4 is 14.8 Å². The number of pyridine rings is 1. The molecule has 0 saturated heterocycles. The number of carbonyl (C=O) groups excluding carboxylic acids is 1. The normalized spacial score (nSPS) is 11.3. The van der Waals surface area contributed by atoms with Gasteiger partial charge in [-0.15, -0.1) is 0 Å². The maximum absolute atomic E-state index is 13.6. The summed E-state index contributed by atoms with van der Waals surface area (Å²) in [5, 5.41) is 3.63. The van der Waals surface area contributed by atoms with Gasteiger partial charge < -0.3 is 10.1 Å². The van der Waals surface area contributed by atoms with Gasteiger partial charge in [-0.3, -0.25) is 9.52 Å². The number of amides is 1. The highest BCUT2D eigenvalue weighted by atomic mass is 32.2. The largest absolute Gasteiger partial charge is 0.497 e. The van der Waals surface area contributed by atoms with Crippen LogP contribution in [0.4, 0.5) is 11.5 Å². The first-order chi connectivity index (χ1) is 19.1. The summed E-state index contributed by atoms with van der Waals surface area (Å²) < 4.78 is 33.6. The molecule has 0 aliphatic rings. The van der Waals surface area contributed by atoms with Crippen LogP contribution in [0.1, 0.15) is 27.4 Å².